The smallest absolute Gasteiger partial charge is 0.0322 e. The van der Waals surface area contributed by atoms with Crippen LogP contribution >= 0.6 is 23.5 Å². The Labute approximate surface area is 141 Å². The van der Waals surface area contributed by atoms with E-state index < -0.39 is 0 Å². The minimum absolute atomic E-state index is 0.748. The molecule has 0 aromatic heterocycles. The lowest BCUT2D eigenvalue weighted by atomic mass is 9.72. The number of hydrogen-bond acceptors (Lipinski definition) is 3. The highest BCUT2D eigenvalue weighted by atomic mass is 32.2. The van der Waals surface area contributed by atoms with Gasteiger partial charge in [-0.1, -0.05) is 27.7 Å². The third kappa shape index (κ3) is 5.07. The van der Waals surface area contributed by atoms with Crippen molar-refractivity contribution in [3.63, 3.8) is 0 Å². The molecule has 1 nitrogen and oxygen atoms in total. The Bertz CT molecular complexity index is 287. The van der Waals surface area contributed by atoms with E-state index in [4.69, 9.17) is 0 Å². The second-order valence-corrected chi connectivity index (χ2v) is 9.94. The molecule has 1 aliphatic carbocycles. The van der Waals surface area contributed by atoms with Crippen LogP contribution in [-0.4, -0.2) is 34.6 Å². The number of rotatable bonds is 6. The molecule has 124 valence electrons. The zero-order chi connectivity index (χ0) is 15.2. The van der Waals surface area contributed by atoms with Gasteiger partial charge in [-0.25, -0.2) is 0 Å². The van der Waals surface area contributed by atoms with Gasteiger partial charge in [-0.3, -0.25) is 0 Å². The standard InChI is InChI=1S/C18H35NS2/c1-5-7-19-17(15-11-13(3)10-14(4)12-15)18-16(6-2)20-8-9-21-18/h13-19H,5-12H2,1-4H3. The molecule has 0 aromatic rings. The van der Waals surface area contributed by atoms with E-state index in [-0.39, 0.29) is 0 Å². The van der Waals surface area contributed by atoms with Crippen molar-refractivity contribution in [3.8, 4) is 0 Å². The van der Waals surface area contributed by atoms with Gasteiger partial charge in [0, 0.05) is 28.0 Å². The van der Waals surface area contributed by atoms with Crippen molar-refractivity contribution in [1.29, 1.82) is 0 Å². The maximum atomic E-state index is 3.98. The average Bonchev–Trinajstić information content (AvgIpc) is 2.47. The van der Waals surface area contributed by atoms with Crippen LogP contribution in [0.2, 0.25) is 0 Å². The lowest BCUT2D eigenvalue weighted by molar-refractivity contribution is 0.173. The van der Waals surface area contributed by atoms with Crippen molar-refractivity contribution in [2.24, 2.45) is 17.8 Å². The van der Waals surface area contributed by atoms with Gasteiger partial charge in [-0.15, -0.1) is 0 Å². The third-order valence-corrected chi connectivity index (χ3v) is 8.57. The summed E-state index contributed by atoms with van der Waals surface area (Å²) in [5.74, 6) is 5.46. The Kier molecular flexibility index (Phi) is 7.78. The van der Waals surface area contributed by atoms with E-state index in [1.807, 2.05) is 0 Å². The van der Waals surface area contributed by atoms with Crippen molar-refractivity contribution in [2.75, 3.05) is 18.1 Å². The zero-order valence-electron chi connectivity index (χ0n) is 14.4. The third-order valence-electron chi connectivity index (χ3n) is 5.20. The zero-order valence-corrected chi connectivity index (χ0v) is 16.1. The molecule has 21 heavy (non-hydrogen) atoms. The maximum Gasteiger partial charge on any atom is 0.0322 e. The van der Waals surface area contributed by atoms with Crippen LogP contribution in [0.1, 0.15) is 59.8 Å². The van der Waals surface area contributed by atoms with Crippen LogP contribution in [0.4, 0.5) is 0 Å². The van der Waals surface area contributed by atoms with Gasteiger partial charge < -0.3 is 5.32 Å². The largest absolute Gasteiger partial charge is 0.313 e. The first-order valence-electron chi connectivity index (χ1n) is 9.12. The van der Waals surface area contributed by atoms with E-state index in [1.165, 1.54) is 50.2 Å². The monoisotopic (exact) mass is 329 g/mol. The lowest BCUT2D eigenvalue weighted by Gasteiger charge is -2.44. The molecule has 5 unspecified atom stereocenters. The van der Waals surface area contributed by atoms with E-state index in [0.29, 0.717) is 0 Å². The van der Waals surface area contributed by atoms with Crippen LogP contribution in [0, 0.1) is 17.8 Å². The molecule has 2 aliphatic rings. The molecule has 2 fully saturated rings. The highest BCUT2D eigenvalue weighted by Crippen LogP contribution is 2.42. The van der Waals surface area contributed by atoms with Crippen LogP contribution in [0.25, 0.3) is 0 Å². The highest BCUT2D eigenvalue weighted by Gasteiger charge is 2.38. The van der Waals surface area contributed by atoms with E-state index in [2.05, 4.69) is 56.5 Å². The maximum absolute atomic E-state index is 3.98. The topological polar surface area (TPSA) is 12.0 Å². The number of nitrogens with one attached hydrogen (secondary N) is 1. The van der Waals surface area contributed by atoms with Gasteiger partial charge >= 0.3 is 0 Å². The van der Waals surface area contributed by atoms with Crippen LogP contribution < -0.4 is 5.32 Å². The Morgan fingerprint density at radius 1 is 1.00 bits per heavy atom. The van der Waals surface area contributed by atoms with Gasteiger partial charge in [-0.05, 0) is 56.4 Å². The van der Waals surface area contributed by atoms with Crippen LogP contribution in [0.15, 0.2) is 0 Å². The molecule has 3 heteroatoms. The molecule has 0 amide bonds. The second-order valence-electron chi connectivity index (χ2n) is 7.31. The summed E-state index contributed by atoms with van der Waals surface area (Å²) >= 11 is 4.51. The SMILES string of the molecule is CCCNC(C1CC(C)CC(C)C1)C1SCCSC1CC. The van der Waals surface area contributed by atoms with E-state index in [1.54, 1.807) is 0 Å². The number of thioether (sulfide) groups is 2. The quantitative estimate of drug-likeness (QED) is 0.732. The molecule has 0 aromatic carbocycles. The predicted molar refractivity (Wildman–Crippen MR) is 101 cm³/mol. The number of hydrogen-bond donors (Lipinski definition) is 1. The first-order valence-corrected chi connectivity index (χ1v) is 11.2. The molecule has 0 radical (unpaired) electrons. The molecule has 1 aliphatic heterocycles. The summed E-state index contributed by atoms with van der Waals surface area (Å²) in [6.07, 6.45) is 6.94. The van der Waals surface area contributed by atoms with Gasteiger partial charge in [0.15, 0.2) is 0 Å². The van der Waals surface area contributed by atoms with Crippen LogP contribution in [-0.2, 0) is 0 Å². The van der Waals surface area contributed by atoms with Gasteiger partial charge in [0.1, 0.15) is 0 Å². The van der Waals surface area contributed by atoms with Crippen LogP contribution in [0.3, 0.4) is 0 Å². The first kappa shape index (κ1) is 18.0. The normalized spacial score (nSPS) is 39.1. The molecule has 1 N–H and O–H groups in total. The van der Waals surface area contributed by atoms with Crippen molar-refractivity contribution in [1.82, 2.24) is 5.32 Å². The summed E-state index contributed by atoms with van der Waals surface area (Å²) in [4.78, 5) is 0. The van der Waals surface area contributed by atoms with Gasteiger partial charge in [0.25, 0.3) is 0 Å². The van der Waals surface area contributed by atoms with Gasteiger partial charge in [-0.2, -0.15) is 23.5 Å². The molecule has 1 saturated carbocycles. The van der Waals surface area contributed by atoms with Crippen molar-refractivity contribution in [3.05, 3.63) is 0 Å². The minimum atomic E-state index is 0.748. The fourth-order valence-corrected chi connectivity index (χ4v) is 7.78. The van der Waals surface area contributed by atoms with E-state index in [0.717, 1.165) is 34.3 Å². The summed E-state index contributed by atoms with van der Waals surface area (Å²) in [7, 11) is 0. The lowest BCUT2D eigenvalue weighted by Crippen LogP contribution is -2.51. The molecule has 5 atom stereocenters. The Hall–Kier alpha value is 0.660. The summed E-state index contributed by atoms with van der Waals surface area (Å²) in [5, 5.41) is 5.68. The van der Waals surface area contributed by atoms with Crippen molar-refractivity contribution < 1.29 is 0 Å². The van der Waals surface area contributed by atoms with Crippen molar-refractivity contribution in [2.45, 2.75) is 76.3 Å². The van der Waals surface area contributed by atoms with Gasteiger partial charge in [0.2, 0.25) is 0 Å². The predicted octanol–water partition coefficient (Wildman–Crippen LogP) is 5.05. The Morgan fingerprint density at radius 3 is 2.29 bits per heavy atom. The highest BCUT2D eigenvalue weighted by molar-refractivity contribution is 8.07. The molecule has 1 saturated heterocycles. The van der Waals surface area contributed by atoms with Crippen molar-refractivity contribution >= 4 is 23.5 Å². The fraction of sp³-hybridized carbons (Fsp3) is 1.00. The average molecular weight is 330 g/mol. The summed E-state index contributed by atoms with van der Waals surface area (Å²) in [6, 6.07) is 0.748. The second kappa shape index (κ2) is 9.08. The van der Waals surface area contributed by atoms with E-state index >= 15 is 0 Å². The first-order chi connectivity index (χ1) is 10.2. The fourth-order valence-electron chi connectivity index (χ4n) is 4.44. The van der Waals surface area contributed by atoms with E-state index in [9.17, 15) is 0 Å². The van der Waals surface area contributed by atoms with Crippen LogP contribution in [0.5, 0.6) is 0 Å². The summed E-state index contributed by atoms with van der Waals surface area (Å²) in [6.45, 7) is 10.8. The summed E-state index contributed by atoms with van der Waals surface area (Å²) < 4.78 is 0. The Morgan fingerprint density at radius 2 is 1.67 bits per heavy atom. The molecule has 2 rings (SSSR count). The molecular formula is C18H35NS2. The minimum Gasteiger partial charge on any atom is -0.313 e. The van der Waals surface area contributed by atoms with Gasteiger partial charge in [0.05, 0.1) is 0 Å². The molecule has 0 spiro atoms. The summed E-state index contributed by atoms with van der Waals surface area (Å²) in [5.41, 5.74) is 0. The Balaban J connectivity index is 2.08. The molecule has 1 heterocycles. The molecule has 0 bridgehead atoms. The molecular weight excluding hydrogens is 294 g/mol.